The monoisotopic (exact) mass is 242 g/mol. The van der Waals surface area contributed by atoms with Crippen molar-refractivity contribution in [3.8, 4) is 0 Å². The number of amides is 4. The van der Waals surface area contributed by atoms with Crippen molar-refractivity contribution in [1.82, 2.24) is 20.9 Å². The number of urea groups is 1. The van der Waals surface area contributed by atoms with Gasteiger partial charge in [0.25, 0.3) is 0 Å². The van der Waals surface area contributed by atoms with Crippen LogP contribution in [0.1, 0.15) is 12.8 Å². The summed E-state index contributed by atoms with van der Waals surface area (Å²) in [6, 6.07) is -0.551. The lowest BCUT2D eigenvalue weighted by Crippen LogP contribution is -2.46. The Morgan fingerprint density at radius 3 is 2.41 bits per heavy atom. The highest BCUT2D eigenvalue weighted by Crippen LogP contribution is 1.99. The van der Waals surface area contributed by atoms with Gasteiger partial charge in [0.1, 0.15) is 0 Å². The Hall–Kier alpha value is -1.63. The van der Waals surface area contributed by atoms with Crippen molar-refractivity contribution in [2.75, 3.05) is 33.2 Å². The van der Waals surface area contributed by atoms with Crippen LogP contribution >= 0.6 is 0 Å². The second-order valence-electron chi connectivity index (χ2n) is 3.76. The van der Waals surface area contributed by atoms with Gasteiger partial charge in [0.2, 0.25) is 11.8 Å². The summed E-state index contributed by atoms with van der Waals surface area (Å²) >= 11 is 0. The van der Waals surface area contributed by atoms with Crippen molar-refractivity contribution in [3.05, 3.63) is 0 Å². The maximum Gasteiger partial charge on any atom is 0.321 e. The van der Waals surface area contributed by atoms with Crippen molar-refractivity contribution in [2.45, 2.75) is 12.8 Å². The average molecular weight is 242 g/mol. The van der Waals surface area contributed by atoms with E-state index in [-0.39, 0.29) is 18.7 Å². The van der Waals surface area contributed by atoms with Gasteiger partial charge in [-0.05, 0) is 0 Å². The lowest BCUT2D eigenvalue weighted by molar-refractivity contribution is -0.133. The molecule has 1 aliphatic rings. The summed E-state index contributed by atoms with van der Waals surface area (Å²) in [7, 11) is 1.43. The normalized spacial score (nSPS) is 15.2. The van der Waals surface area contributed by atoms with E-state index in [2.05, 4.69) is 16.0 Å². The molecular formula is C10H18N4O3. The smallest absolute Gasteiger partial charge is 0.321 e. The predicted octanol–water partition coefficient (Wildman–Crippen LogP) is -1.35. The maximum absolute atomic E-state index is 11.7. The summed E-state index contributed by atoms with van der Waals surface area (Å²) in [5.74, 6) is -0.480. The fourth-order valence-corrected chi connectivity index (χ4v) is 1.54. The second kappa shape index (κ2) is 6.85. The Bertz CT molecular complexity index is 300. The van der Waals surface area contributed by atoms with E-state index in [9.17, 15) is 14.4 Å². The van der Waals surface area contributed by atoms with Crippen LogP contribution in [0, 0.1) is 0 Å². The Morgan fingerprint density at radius 2 is 1.82 bits per heavy atom. The molecule has 1 saturated heterocycles. The largest absolute Gasteiger partial charge is 0.341 e. The second-order valence-corrected chi connectivity index (χ2v) is 3.76. The summed E-state index contributed by atoms with van der Waals surface area (Å²) in [5.41, 5.74) is 0. The third-order valence-corrected chi connectivity index (χ3v) is 2.52. The van der Waals surface area contributed by atoms with E-state index in [0.717, 1.165) is 13.1 Å². The number of carbonyl (C=O) groups excluding carboxylic acids is 3. The fourth-order valence-electron chi connectivity index (χ4n) is 1.54. The molecule has 0 bridgehead atoms. The number of hydrogen-bond acceptors (Lipinski definition) is 4. The molecule has 0 aromatic heterocycles. The Kier molecular flexibility index (Phi) is 5.41. The standard InChI is InChI=1S/C10H18N4O3/c1-11-10(17)13-8(15)2-3-9(16)14-6-4-12-5-7-14/h12H,2-7H2,1H3,(H2,11,13,15,17). The van der Waals surface area contributed by atoms with Crippen LogP contribution in [0.15, 0.2) is 0 Å². The zero-order chi connectivity index (χ0) is 12.7. The maximum atomic E-state index is 11.7. The van der Waals surface area contributed by atoms with Gasteiger partial charge in [-0.3, -0.25) is 14.9 Å². The van der Waals surface area contributed by atoms with Gasteiger partial charge in [-0.1, -0.05) is 0 Å². The highest BCUT2D eigenvalue weighted by molar-refractivity contribution is 5.95. The van der Waals surface area contributed by atoms with Crippen LogP contribution < -0.4 is 16.0 Å². The van der Waals surface area contributed by atoms with Crippen molar-refractivity contribution in [2.24, 2.45) is 0 Å². The number of nitrogens with one attached hydrogen (secondary N) is 3. The highest BCUT2D eigenvalue weighted by atomic mass is 16.2. The summed E-state index contributed by atoms with van der Waals surface area (Å²) < 4.78 is 0. The van der Waals surface area contributed by atoms with Gasteiger partial charge in [-0.2, -0.15) is 0 Å². The Balaban J connectivity index is 2.22. The molecule has 7 heteroatoms. The minimum absolute atomic E-state index is 0.0379. The summed E-state index contributed by atoms with van der Waals surface area (Å²) in [4.78, 5) is 35.5. The molecule has 3 N–H and O–H groups in total. The van der Waals surface area contributed by atoms with Gasteiger partial charge >= 0.3 is 6.03 Å². The first kappa shape index (κ1) is 13.4. The number of carbonyl (C=O) groups is 3. The van der Waals surface area contributed by atoms with Crippen LogP contribution in [0.4, 0.5) is 4.79 Å². The van der Waals surface area contributed by atoms with E-state index < -0.39 is 11.9 Å². The third kappa shape index (κ3) is 4.81. The number of hydrogen-bond donors (Lipinski definition) is 3. The van der Waals surface area contributed by atoms with Crippen LogP contribution in [0.2, 0.25) is 0 Å². The summed E-state index contributed by atoms with van der Waals surface area (Å²) in [6.07, 6.45) is 0.180. The van der Waals surface area contributed by atoms with Gasteiger partial charge in [-0.15, -0.1) is 0 Å². The number of rotatable bonds is 3. The molecule has 0 radical (unpaired) electrons. The van der Waals surface area contributed by atoms with Crippen LogP contribution in [-0.4, -0.2) is 56.0 Å². The minimum atomic E-state index is -0.551. The first-order valence-corrected chi connectivity index (χ1v) is 5.63. The van der Waals surface area contributed by atoms with E-state index in [0.29, 0.717) is 13.1 Å². The van der Waals surface area contributed by atoms with E-state index in [1.54, 1.807) is 4.90 Å². The molecule has 17 heavy (non-hydrogen) atoms. The van der Waals surface area contributed by atoms with Crippen LogP contribution in [0.3, 0.4) is 0 Å². The quantitative estimate of drug-likeness (QED) is 0.571. The first-order chi connectivity index (χ1) is 8.13. The molecular weight excluding hydrogens is 224 g/mol. The van der Waals surface area contributed by atoms with E-state index in [4.69, 9.17) is 0 Å². The fraction of sp³-hybridized carbons (Fsp3) is 0.700. The van der Waals surface area contributed by atoms with Gasteiger partial charge in [0, 0.05) is 46.1 Å². The molecule has 0 aliphatic carbocycles. The Labute approximate surface area is 99.9 Å². The number of imide groups is 1. The zero-order valence-electron chi connectivity index (χ0n) is 9.91. The topological polar surface area (TPSA) is 90.5 Å². The number of piperazine rings is 1. The Morgan fingerprint density at radius 1 is 1.18 bits per heavy atom. The van der Waals surface area contributed by atoms with Gasteiger partial charge in [0.05, 0.1) is 0 Å². The van der Waals surface area contributed by atoms with Crippen molar-refractivity contribution >= 4 is 17.8 Å². The molecule has 0 atom stereocenters. The molecule has 0 unspecified atom stereocenters. The molecule has 1 rings (SSSR count). The average Bonchev–Trinajstić information content (AvgIpc) is 2.36. The molecule has 1 aliphatic heterocycles. The van der Waals surface area contributed by atoms with E-state index >= 15 is 0 Å². The minimum Gasteiger partial charge on any atom is -0.341 e. The van der Waals surface area contributed by atoms with E-state index in [1.807, 2.05) is 0 Å². The van der Waals surface area contributed by atoms with Crippen molar-refractivity contribution < 1.29 is 14.4 Å². The molecule has 1 heterocycles. The molecule has 0 aromatic carbocycles. The first-order valence-electron chi connectivity index (χ1n) is 5.63. The van der Waals surface area contributed by atoms with Crippen molar-refractivity contribution in [1.29, 1.82) is 0 Å². The molecule has 4 amide bonds. The van der Waals surface area contributed by atoms with Crippen LogP contribution in [0.5, 0.6) is 0 Å². The zero-order valence-corrected chi connectivity index (χ0v) is 9.91. The molecule has 0 aromatic rings. The molecule has 1 fully saturated rings. The lowest BCUT2D eigenvalue weighted by Gasteiger charge is -2.27. The molecule has 0 spiro atoms. The SMILES string of the molecule is CNC(=O)NC(=O)CCC(=O)N1CCNCC1. The van der Waals surface area contributed by atoms with Crippen LogP contribution in [0.25, 0.3) is 0 Å². The van der Waals surface area contributed by atoms with Gasteiger partial charge < -0.3 is 15.5 Å². The predicted molar refractivity (Wildman–Crippen MR) is 61.3 cm³/mol. The summed E-state index contributed by atoms with van der Waals surface area (Å²) in [5, 5.41) is 7.53. The third-order valence-electron chi connectivity index (χ3n) is 2.52. The molecule has 7 nitrogen and oxygen atoms in total. The van der Waals surface area contributed by atoms with E-state index in [1.165, 1.54) is 7.05 Å². The molecule has 0 saturated carbocycles. The lowest BCUT2D eigenvalue weighted by atomic mass is 10.2. The van der Waals surface area contributed by atoms with Crippen molar-refractivity contribution in [3.63, 3.8) is 0 Å². The van der Waals surface area contributed by atoms with Crippen LogP contribution in [-0.2, 0) is 9.59 Å². The molecule has 96 valence electrons. The van der Waals surface area contributed by atoms with Gasteiger partial charge in [0.15, 0.2) is 0 Å². The highest BCUT2D eigenvalue weighted by Gasteiger charge is 2.17. The van der Waals surface area contributed by atoms with Gasteiger partial charge in [-0.25, -0.2) is 4.79 Å². The number of nitrogens with zero attached hydrogens (tertiary/aromatic N) is 1. The summed E-state index contributed by atoms with van der Waals surface area (Å²) in [6.45, 7) is 2.93.